The van der Waals surface area contributed by atoms with Gasteiger partial charge in [0, 0.05) is 5.39 Å². The molecule has 2 atom stereocenters. The molecule has 0 unspecified atom stereocenters. The number of nitrogens with one attached hydrogen (secondary N) is 1. The second-order valence-electron chi connectivity index (χ2n) is 6.13. The number of anilines is 1. The SMILES string of the molecule is C[C@@H]1C[C@H](C)CN(c2[nH+]c3ccccc3cc2C=O)C1. The maximum atomic E-state index is 11.4. The minimum atomic E-state index is 0.665. The number of hydrogen-bond acceptors (Lipinski definition) is 2. The lowest BCUT2D eigenvalue weighted by atomic mass is 9.91. The van der Waals surface area contributed by atoms with Crippen molar-refractivity contribution in [1.29, 1.82) is 0 Å². The summed E-state index contributed by atoms with van der Waals surface area (Å²) >= 11 is 0. The van der Waals surface area contributed by atoms with Crippen molar-refractivity contribution in [3.63, 3.8) is 0 Å². The summed E-state index contributed by atoms with van der Waals surface area (Å²) in [5.74, 6) is 2.30. The number of para-hydroxylation sites is 1. The largest absolute Gasteiger partial charge is 0.298 e. The highest BCUT2D eigenvalue weighted by Crippen LogP contribution is 2.26. The average molecular weight is 269 g/mol. The van der Waals surface area contributed by atoms with Gasteiger partial charge >= 0.3 is 0 Å². The van der Waals surface area contributed by atoms with Crippen molar-refractivity contribution in [3.05, 3.63) is 35.9 Å². The molecule has 1 aromatic heterocycles. The van der Waals surface area contributed by atoms with E-state index >= 15 is 0 Å². The zero-order valence-corrected chi connectivity index (χ0v) is 12.1. The molecule has 0 radical (unpaired) electrons. The fraction of sp³-hybridized carbons (Fsp3) is 0.412. The normalized spacial score (nSPS) is 23.0. The van der Waals surface area contributed by atoms with Crippen molar-refractivity contribution in [2.24, 2.45) is 11.8 Å². The summed E-state index contributed by atoms with van der Waals surface area (Å²) in [5.41, 5.74) is 1.84. The maximum Gasteiger partial charge on any atom is 0.285 e. The summed E-state index contributed by atoms with van der Waals surface area (Å²) < 4.78 is 0. The topological polar surface area (TPSA) is 34.5 Å². The number of aromatic nitrogens is 1. The quantitative estimate of drug-likeness (QED) is 0.786. The van der Waals surface area contributed by atoms with Crippen molar-refractivity contribution in [1.82, 2.24) is 0 Å². The summed E-state index contributed by atoms with van der Waals surface area (Å²) in [6.07, 6.45) is 2.22. The molecule has 1 fully saturated rings. The van der Waals surface area contributed by atoms with Crippen molar-refractivity contribution < 1.29 is 9.78 Å². The van der Waals surface area contributed by atoms with Gasteiger partial charge in [0.25, 0.3) is 5.82 Å². The van der Waals surface area contributed by atoms with Crippen LogP contribution in [0.5, 0.6) is 0 Å². The number of rotatable bonds is 2. The lowest BCUT2D eigenvalue weighted by Crippen LogP contribution is -2.42. The van der Waals surface area contributed by atoms with Crippen LogP contribution < -0.4 is 9.88 Å². The van der Waals surface area contributed by atoms with E-state index in [-0.39, 0.29) is 0 Å². The lowest BCUT2D eigenvalue weighted by molar-refractivity contribution is -0.331. The van der Waals surface area contributed by atoms with Crippen LogP contribution in [0.3, 0.4) is 0 Å². The number of nitrogens with zero attached hydrogens (tertiary/aromatic N) is 1. The maximum absolute atomic E-state index is 11.4. The molecule has 3 nitrogen and oxygen atoms in total. The molecule has 1 saturated heterocycles. The Balaban J connectivity index is 2.07. The van der Waals surface area contributed by atoms with Crippen LogP contribution in [-0.2, 0) is 0 Å². The molecule has 0 saturated carbocycles. The number of H-pyrrole nitrogens is 1. The number of fused-ring (bicyclic) bond motifs is 1. The number of carbonyl (C=O) groups excluding carboxylic acids is 1. The lowest BCUT2D eigenvalue weighted by Gasteiger charge is -2.30. The van der Waals surface area contributed by atoms with E-state index in [1.54, 1.807) is 0 Å². The number of carbonyl (C=O) groups is 1. The summed E-state index contributed by atoms with van der Waals surface area (Å²) in [5, 5.41) is 1.08. The third-order valence-electron chi connectivity index (χ3n) is 4.11. The molecule has 0 spiro atoms. The third-order valence-corrected chi connectivity index (χ3v) is 4.11. The molecular formula is C17H21N2O+. The summed E-state index contributed by atoms with van der Waals surface area (Å²) in [6.45, 7) is 6.59. The van der Waals surface area contributed by atoms with Crippen molar-refractivity contribution in [3.8, 4) is 0 Å². The Hall–Kier alpha value is -1.90. The van der Waals surface area contributed by atoms with E-state index in [4.69, 9.17) is 0 Å². The molecule has 0 bridgehead atoms. The first-order valence-electron chi connectivity index (χ1n) is 7.32. The first kappa shape index (κ1) is 13.1. The van der Waals surface area contributed by atoms with Crippen LogP contribution in [0.4, 0.5) is 5.82 Å². The van der Waals surface area contributed by atoms with Crippen LogP contribution in [-0.4, -0.2) is 19.4 Å². The van der Waals surface area contributed by atoms with Gasteiger partial charge in [-0.3, -0.25) is 9.69 Å². The minimum absolute atomic E-state index is 0.665. The Bertz CT molecular complexity index is 628. The van der Waals surface area contributed by atoms with E-state index in [1.165, 1.54) is 6.42 Å². The Labute approximate surface area is 119 Å². The first-order chi connectivity index (χ1) is 9.67. The smallest absolute Gasteiger partial charge is 0.285 e. The number of hydrogen-bond donors (Lipinski definition) is 0. The second-order valence-corrected chi connectivity index (χ2v) is 6.13. The standard InChI is InChI=1S/C17H20N2O/c1-12-7-13(2)10-19(9-12)17-15(11-20)8-14-5-3-4-6-16(14)18-17/h3-6,8,11-13H,7,9-10H2,1-2H3/p+1/t12-,13+. The molecule has 1 aliphatic heterocycles. The molecule has 2 aromatic rings. The second kappa shape index (κ2) is 5.23. The monoisotopic (exact) mass is 269 g/mol. The molecule has 1 aromatic carbocycles. The van der Waals surface area contributed by atoms with Gasteiger partial charge in [0.05, 0.1) is 13.1 Å². The fourth-order valence-corrected chi connectivity index (χ4v) is 3.37. The van der Waals surface area contributed by atoms with Gasteiger partial charge in [-0.05, 0) is 30.4 Å². The molecule has 3 heteroatoms. The van der Waals surface area contributed by atoms with Gasteiger partial charge in [0.2, 0.25) is 0 Å². The van der Waals surface area contributed by atoms with Crippen LogP contribution in [0.25, 0.3) is 10.9 Å². The first-order valence-corrected chi connectivity index (χ1v) is 7.32. The van der Waals surface area contributed by atoms with E-state index in [1.807, 2.05) is 24.3 Å². The van der Waals surface area contributed by atoms with Crippen LogP contribution >= 0.6 is 0 Å². The number of piperidine rings is 1. The Kier molecular flexibility index (Phi) is 3.43. The number of benzene rings is 1. The van der Waals surface area contributed by atoms with E-state index < -0.39 is 0 Å². The molecule has 104 valence electrons. The van der Waals surface area contributed by atoms with Crippen LogP contribution in [0.1, 0.15) is 30.6 Å². The fourth-order valence-electron chi connectivity index (χ4n) is 3.37. The zero-order chi connectivity index (χ0) is 14.1. The highest BCUT2D eigenvalue weighted by atomic mass is 16.1. The zero-order valence-electron chi connectivity index (χ0n) is 12.1. The number of aromatic amines is 1. The van der Waals surface area contributed by atoms with E-state index in [2.05, 4.69) is 29.8 Å². The van der Waals surface area contributed by atoms with Gasteiger partial charge in [0.1, 0.15) is 11.1 Å². The van der Waals surface area contributed by atoms with Crippen molar-refractivity contribution in [2.75, 3.05) is 18.0 Å². The predicted molar refractivity (Wildman–Crippen MR) is 81.0 cm³/mol. The Morgan fingerprint density at radius 1 is 1.20 bits per heavy atom. The Morgan fingerprint density at radius 3 is 2.60 bits per heavy atom. The predicted octanol–water partition coefficient (Wildman–Crippen LogP) is 2.95. The molecular weight excluding hydrogens is 248 g/mol. The van der Waals surface area contributed by atoms with Gasteiger partial charge in [-0.1, -0.05) is 32.0 Å². The molecule has 0 amide bonds. The number of aldehydes is 1. The molecule has 2 heterocycles. The van der Waals surface area contributed by atoms with Crippen molar-refractivity contribution in [2.45, 2.75) is 20.3 Å². The van der Waals surface area contributed by atoms with Crippen LogP contribution in [0.15, 0.2) is 30.3 Å². The van der Waals surface area contributed by atoms with Gasteiger partial charge < -0.3 is 0 Å². The molecule has 0 aliphatic carbocycles. The summed E-state index contributed by atoms with van der Waals surface area (Å²) in [4.78, 5) is 17.2. The molecule has 20 heavy (non-hydrogen) atoms. The minimum Gasteiger partial charge on any atom is -0.298 e. The molecule has 1 aliphatic rings. The van der Waals surface area contributed by atoms with Gasteiger partial charge in [-0.15, -0.1) is 0 Å². The van der Waals surface area contributed by atoms with E-state index in [9.17, 15) is 4.79 Å². The van der Waals surface area contributed by atoms with Crippen LogP contribution in [0, 0.1) is 11.8 Å². The summed E-state index contributed by atoms with van der Waals surface area (Å²) in [6, 6.07) is 10.1. The van der Waals surface area contributed by atoms with Gasteiger partial charge in [0.15, 0.2) is 6.29 Å². The van der Waals surface area contributed by atoms with Gasteiger partial charge in [-0.2, -0.15) is 0 Å². The highest BCUT2D eigenvalue weighted by molar-refractivity contribution is 5.88. The number of pyridine rings is 1. The van der Waals surface area contributed by atoms with Crippen LogP contribution in [0.2, 0.25) is 0 Å². The molecule has 1 N–H and O–H groups in total. The highest BCUT2D eigenvalue weighted by Gasteiger charge is 2.30. The molecule has 3 rings (SSSR count). The summed E-state index contributed by atoms with van der Waals surface area (Å²) in [7, 11) is 0. The van der Waals surface area contributed by atoms with Crippen molar-refractivity contribution >= 4 is 23.0 Å². The average Bonchev–Trinajstić information content (AvgIpc) is 2.44. The van der Waals surface area contributed by atoms with E-state index in [0.717, 1.165) is 41.7 Å². The van der Waals surface area contributed by atoms with E-state index in [0.29, 0.717) is 11.8 Å². The Morgan fingerprint density at radius 2 is 1.90 bits per heavy atom. The van der Waals surface area contributed by atoms with Gasteiger partial charge in [-0.25, -0.2) is 4.98 Å². The third kappa shape index (κ3) is 2.40.